The van der Waals surface area contributed by atoms with Crippen LogP contribution in [0.25, 0.3) is 0 Å². The Labute approximate surface area is 73.8 Å². The molecule has 2 bridgehead atoms. The van der Waals surface area contributed by atoms with Gasteiger partial charge in [-0.3, -0.25) is 0 Å². The summed E-state index contributed by atoms with van der Waals surface area (Å²) in [7, 11) is 0. The van der Waals surface area contributed by atoms with Gasteiger partial charge < -0.3 is 0 Å². The summed E-state index contributed by atoms with van der Waals surface area (Å²) in [5.74, 6) is -2.89. The Kier molecular flexibility index (Phi) is 1.66. The van der Waals surface area contributed by atoms with Gasteiger partial charge in [-0.2, -0.15) is 18.4 Å². The van der Waals surface area contributed by atoms with E-state index in [0.717, 1.165) is 0 Å². The molecule has 1 saturated carbocycles. The third-order valence-corrected chi connectivity index (χ3v) is 2.99. The molecular weight excluding hydrogens is 179 g/mol. The SMILES string of the molecule is N#CC1C2C=CC(C2)C1C(F)(F)F. The van der Waals surface area contributed by atoms with Crippen molar-refractivity contribution < 1.29 is 13.2 Å². The Morgan fingerprint density at radius 1 is 1.23 bits per heavy atom. The maximum absolute atomic E-state index is 12.5. The first kappa shape index (κ1) is 8.61. The standard InChI is InChI=1S/C9H8F3N/c10-9(11,12)8-6-2-1-5(3-6)7(8)4-13/h1-2,5-8H,3H2. The van der Waals surface area contributed by atoms with E-state index in [1.807, 2.05) is 0 Å². The van der Waals surface area contributed by atoms with Crippen LogP contribution >= 0.6 is 0 Å². The van der Waals surface area contributed by atoms with Gasteiger partial charge in [-0.15, -0.1) is 0 Å². The van der Waals surface area contributed by atoms with E-state index in [-0.39, 0.29) is 5.92 Å². The topological polar surface area (TPSA) is 23.8 Å². The van der Waals surface area contributed by atoms with Crippen molar-refractivity contribution in [1.29, 1.82) is 5.26 Å². The van der Waals surface area contributed by atoms with E-state index in [2.05, 4.69) is 0 Å². The highest BCUT2D eigenvalue weighted by Crippen LogP contribution is 2.53. The molecule has 0 N–H and O–H groups in total. The van der Waals surface area contributed by atoms with Crippen LogP contribution in [0.5, 0.6) is 0 Å². The molecule has 2 aliphatic rings. The molecule has 0 spiro atoms. The molecule has 0 aromatic rings. The second-order valence-electron chi connectivity index (χ2n) is 3.67. The van der Waals surface area contributed by atoms with E-state index in [1.54, 1.807) is 18.2 Å². The molecule has 13 heavy (non-hydrogen) atoms. The zero-order valence-electron chi connectivity index (χ0n) is 6.75. The van der Waals surface area contributed by atoms with E-state index < -0.39 is 23.9 Å². The normalized spacial score (nSPS) is 42.3. The second kappa shape index (κ2) is 2.50. The van der Waals surface area contributed by atoms with Gasteiger partial charge in [0, 0.05) is 0 Å². The van der Waals surface area contributed by atoms with Crippen LogP contribution in [0.1, 0.15) is 6.42 Å². The minimum absolute atomic E-state index is 0.165. The number of hydrogen-bond acceptors (Lipinski definition) is 1. The first-order chi connectivity index (χ1) is 6.04. The summed E-state index contributed by atoms with van der Waals surface area (Å²) in [5.41, 5.74) is 0. The average molecular weight is 187 g/mol. The number of halogens is 3. The van der Waals surface area contributed by atoms with Crippen molar-refractivity contribution in [3.05, 3.63) is 12.2 Å². The quantitative estimate of drug-likeness (QED) is 0.534. The summed E-state index contributed by atoms with van der Waals surface area (Å²) in [6.07, 6.45) is -0.357. The van der Waals surface area contributed by atoms with Crippen molar-refractivity contribution in [3.8, 4) is 6.07 Å². The maximum Gasteiger partial charge on any atom is 0.393 e. The zero-order chi connectivity index (χ0) is 9.64. The van der Waals surface area contributed by atoms with E-state index in [4.69, 9.17) is 5.26 Å². The lowest BCUT2D eigenvalue weighted by Crippen LogP contribution is -2.32. The van der Waals surface area contributed by atoms with Crippen molar-refractivity contribution in [2.45, 2.75) is 12.6 Å². The molecule has 0 amide bonds. The molecule has 0 radical (unpaired) electrons. The molecular formula is C9H8F3N. The van der Waals surface area contributed by atoms with Crippen LogP contribution in [0.3, 0.4) is 0 Å². The molecule has 1 nitrogen and oxygen atoms in total. The fraction of sp³-hybridized carbons (Fsp3) is 0.667. The molecule has 4 unspecified atom stereocenters. The number of nitriles is 1. The highest BCUT2D eigenvalue weighted by atomic mass is 19.4. The molecule has 0 aromatic carbocycles. The minimum Gasteiger partial charge on any atom is -0.198 e. The monoisotopic (exact) mass is 187 g/mol. The van der Waals surface area contributed by atoms with Gasteiger partial charge in [0.25, 0.3) is 0 Å². The van der Waals surface area contributed by atoms with Crippen LogP contribution < -0.4 is 0 Å². The van der Waals surface area contributed by atoms with Gasteiger partial charge in [-0.1, -0.05) is 12.2 Å². The molecule has 70 valence electrons. The number of hydrogen-bond donors (Lipinski definition) is 0. The zero-order valence-corrected chi connectivity index (χ0v) is 6.75. The molecule has 1 fully saturated rings. The molecule has 0 heterocycles. The number of fused-ring (bicyclic) bond motifs is 2. The van der Waals surface area contributed by atoms with E-state index in [9.17, 15) is 13.2 Å². The number of alkyl halides is 3. The Morgan fingerprint density at radius 2 is 1.85 bits per heavy atom. The van der Waals surface area contributed by atoms with Crippen molar-refractivity contribution >= 4 is 0 Å². The van der Waals surface area contributed by atoms with Crippen molar-refractivity contribution in [2.24, 2.45) is 23.7 Å². The summed E-state index contributed by atoms with van der Waals surface area (Å²) < 4.78 is 37.4. The molecule has 4 heteroatoms. The molecule has 2 aliphatic carbocycles. The molecule has 0 aromatic heterocycles. The van der Waals surface area contributed by atoms with Crippen LogP contribution in [0.15, 0.2) is 12.2 Å². The van der Waals surface area contributed by atoms with Gasteiger partial charge in [-0.05, 0) is 18.3 Å². The van der Waals surface area contributed by atoms with E-state index in [0.29, 0.717) is 6.42 Å². The third-order valence-electron chi connectivity index (χ3n) is 2.99. The lowest BCUT2D eigenvalue weighted by molar-refractivity contribution is -0.187. The van der Waals surface area contributed by atoms with Crippen LogP contribution in [-0.4, -0.2) is 6.18 Å². The van der Waals surface area contributed by atoms with Gasteiger partial charge in [0.2, 0.25) is 0 Å². The van der Waals surface area contributed by atoms with Gasteiger partial charge in [-0.25, -0.2) is 0 Å². The highest BCUT2D eigenvalue weighted by Gasteiger charge is 2.57. The predicted octanol–water partition coefficient (Wildman–Crippen LogP) is 2.51. The third kappa shape index (κ3) is 1.14. The van der Waals surface area contributed by atoms with Crippen LogP contribution in [-0.2, 0) is 0 Å². The van der Waals surface area contributed by atoms with Crippen LogP contribution in [0.4, 0.5) is 13.2 Å². The van der Waals surface area contributed by atoms with E-state index >= 15 is 0 Å². The van der Waals surface area contributed by atoms with Crippen LogP contribution in [0.2, 0.25) is 0 Å². The lowest BCUT2D eigenvalue weighted by Gasteiger charge is -2.24. The largest absolute Gasteiger partial charge is 0.393 e. The molecule has 2 rings (SSSR count). The average Bonchev–Trinajstić information content (AvgIpc) is 2.59. The van der Waals surface area contributed by atoms with Gasteiger partial charge in [0.05, 0.1) is 17.9 Å². The fourth-order valence-corrected chi connectivity index (χ4v) is 2.44. The first-order valence-electron chi connectivity index (χ1n) is 4.18. The molecule has 4 atom stereocenters. The van der Waals surface area contributed by atoms with Crippen molar-refractivity contribution in [1.82, 2.24) is 0 Å². The second-order valence-corrected chi connectivity index (χ2v) is 3.67. The fourth-order valence-electron chi connectivity index (χ4n) is 2.44. The summed E-state index contributed by atoms with van der Waals surface area (Å²) in [6, 6.07) is 1.78. The van der Waals surface area contributed by atoms with Crippen LogP contribution in [0, 0.1) is 35.0 Å². The smallest absolute Gasteiger partial charge is 0.198 e. The number of rotatable bonds is 0. The summed E-state index contributed by atoms with van der Waals surface area (Å²) in [4.78, 5) is 0. The Hall–Kier alpha value is -0.980. The van der Waals surface area contributed by atoms with Gasteiger partial charge in [0.1, 0.15) is 0 Å². The molecule has 0 aliphatic heterocycles. The Balaban J connectivity index is 2.30. The summed E-state index contributed by atoms with van der Waals surface area (Å²) in [5, 5.41) is 8.64. The lowest BCUT2D eigenvalue weighted by atomic mass is 9.83. The predicted molar refractivity (Wildman–Crippen MR) is 39.4 cm³/mol. The molecule has 0 saturated heterocycles. The number of allylic oxidation sites excluding steroid dienone is 2. The highest BCUT2D eigenvalue weighted by molar-refractivity contribution is 5.19. The van der Waals surface area contributed by atoms with Crippen molar-refractivity contribution in [3.63, 3.8) is 0 Å². The van der Waals surface area contributed by atoms with Gasteiger partial charge in [0.15, 0.2) is 0 Å². The van der Waals surface area contributed by atoms with E-state index in [1.165, 1.54) is 0 Å². The summed E-state index contributed by atoms with van der Waals surface area (Å²) in [6.45, 7) is 0. The first-order valence-corrected chi connectivity index (χ1v) is 4.18. The minimum atomic E-state index is -4.22. The summed E-state index contributed by atoms with van der Waals surface area (Å²) >= 11 is 0. The van der Waals surface area contributed by atoms with Crippen molar-refractivity contribution in [2.75, 3.05) is 0 Å². The number of nitrogens with zero attached hydrogens (tertiary/aromatic N) is 1. The Morgan fingerprint density at radius 3 is 2.31 bits per heavy atom. The maximum atomic E-state index is 12.5. The van der Waals surface area contributed by atoms with Gasteiger partial charge >= 0.3 is 6.18 Å². The Bertz CT molecular complexity index is 286.